The van der Waals surface area contributed by atoms with Crippen LogP contribution in [0.15, 0.2) is 15.9 Å². The first-order chi connectivity index (χ1) is 8.82. The van der Waals surface area contributed by atoms with Gasteiger partial charge in [-0.3, -0.25) is 0 Å². The molecule has 2 rings (SSSR count). The Morgan fingerprint density at radius 1 is 1.26 bits per heavy atom. The highest BCUT2D eigenvalue weighted by molar-refractivity contribution is 14.1. The zero-order chi connectivity index (χ0) is 14.2. The second kappa shape index (κ2) is 5.65. The van der Waals surface area contributed by atoms with Crippen LogP contribution in [0.2, 0.25) is 0 Å². The highest BCUT2D eigenvalue weighted by Gasteiger charge is 2.23. The lowest BCUT2D eigenvalue weighted by Crippen LogP contribution is -2.18. The van der Waals surface area contributed by atoms with Crippen LogP contribution in [0, 0.1) is 3.57 Å². The van der Waals surface area contributed by atoms with E-state index in [0.717, 1.165) is 29.6 Å². The Morgan fingerprint density at radius 3 is 2.42 bits per heavy atom. The van der Waals surface area contributed by atoms with Crippen molar-refractivity contribution in [3.63, 3.8) is 0 Å². The summed E-state index contributed by atoms with van der Waals surface area (Å²) in [6, 6.07) is 4.07. The summed E-state index contributed by atoms with van der Waals surface area (Å²) in [6.07, 6.45) is 0. The molecule has 0 amide bonds. The molecule has 2 heterocycles. The van der Waals surface area contributed by atoms with E-state index in [2.05, 4.69) is 69.6 Å². The van der Waals surface area contributed by atoms with E-state index in [4.69, 9.17) is 4.98 Å². The van der Waals surface area contributed by atoms with Gasteiger partial charge in [0.05, 0.1) is 17.9 Å². The maximum absolute atomic E-state index is 4.77. The molecule has 2 aromatic heterocycles. The molecule has 6 heteroatoms. The van der Waals surface area contributed by atoms with Crippen LogP contribution in [0.25, 0.3) is 10.7 Å². The second-order valence-electron chi connectivity index (χ2n) is 5.16. The number of halogens is 2. The third-order valence-electron chi connectivity index (χ3n) is 2.59. The molecule has 0 fully saturated rings. The Hall–Kier alpha value is -0.210. The topological polar surface area (TPSA) is 37.8 Å². The molecule has 0 unspecified atom stereocenters. The second-order valence-corrected chi connectivity index (χ2v) is 8.70. The summed E-state index contributed by atoms with van der Waals surface area (Å²) in [5.41, 5.74) is 1.07. The first kappa shape index (κ1) is 15.2. The summed E-state index contributed by atoms with van der Waals surface area (Å²) in [5, 5.41) is 3.16. The number of thiophene rings is 1. The molecule has 0 spiro atoms. The molecule has 1 N–H and O–H groups in total. The van der Waals surface area contributed by atoms with E-state index < -0.39 is 0 Å². The Labute approximate surface area is 139 Å². The number of hydrogen-bond donors (Lipinski definition) is 1. The molecule has 0 saturated heterocycles. The molecule has 0 aliphatic rings. The van der Waals surface area contributed by atoms with Gasteiger partial charge in [-0.25, -0.2) is 9.97 Å². The molecule has 102 valence electrons. The van der Waals surface area contributed by atoms with Crippen molar-refractivity contribution in [1.29, 1.82) is 0 Å². The van der Waals surface area contributed by atoms with Gasteiger partial charge in [0.1, 0.15) is 5.82 Å². The molecular weight excluding hydrogens is 437 g/mol. The summed E-state index contributed by atoms with van der Waals surface area (Å²) in [4.78, 5) is 10.4. The molecule has 3 nitrogen and oxygen atoms in total. The van der Waals surface area contributed by atoms with Crippen LogP contribution in [0.4, 0.5) is 5.82 Å². The zero-order valence-electron chi connectivity index (χ0n) is 11.2. The Kier molecular flexibility index (Phi) is 4.52. The number of hydrogen-bond acceptors (Lipinski definition) is 4. The van der Waals surface area contributed by atoms with Crippen molar-refractivity contribution >= 4 is 55.7 Å². The lowest BCUT2D eigenvalue weighted by atomic mass is 9.92. The molecule has 0 aromatic carbocycles. The normalized spacial score (nSPS) is 11.7. The SMILES string of the molecule is CNc1nc(-c2ccc(Br)s2)nc(C(C)(C)C)c1I. The lowest BCUT2D eigenvalue weighted by Gasteiger charge is -2.21. The smallest absolute Gasteiger partial charge is 0.171 e. The third-order valence-corrected chi connectivity index (χ3v) is 5.23. The van der Waals surface area contributed by atoms with E-state index in [1.807, 2.05) is 19.2 Å². The van der Waals surface area contributed by atoms with Crippen molar-refractivity contribution in [3.05, 3.63) is 25.2 Å². The van der Waals surface area contributed by atoms with Crippen molar-refractivity contribution in [2.24, 2.45) is 0 Å². The quantitative estimate of drug-likeness (QED) is 0.659. The number of nitrogens with zero attached hydrogens (tertiary/aromatic N) is 2. The minimum absolute atomic E-state index is 0.00565. The van der Waals surface area contributed by atoms with Gasteiger partial charge < -0.3 is 5.32 Å². The standard InChI is InChI=1S/C13H15BrIN3S/c1-13(2,3)10-9(15)12(16-4)18-11(17-10)7-5-6-8(14)19-7/h5-6H,1-4H3,(H,16,17,18). The monoisotopic (exact) mass is 451 g/mol. The molecular formula is C13H15BrIN3S. The minimum Gasteiger partial charge on any atom is -0.372 e. The average Bonchev–Trinajstić information content (AvgIpc) is 2.74. The first-order valence-corrected chi connectivity index (χ1v) is 8.53. The maximum atomic E-state index is 4.77. The average molecular weight is 452 g/mol. The van der Waals surface area contributed by atoms with E-state index in [1.165, 1.54) is 0 Å². The van der Waals surface area contributed by atoms with Crippen LogP contribution in [0.5, 0.6) is 0 Å². The predicted molar refractivity (Wildman–Crippen MR) is 94.0 cm³/mol. The molecule has 0 aliphatic carbocycles. The van der Waals surface area contributed by atoms with Gasteiger partial charge in [-0.1, -0.05) is 20.8 Å². The molecule has 0 saturated carbocycles. The largest absolute Gasteiger partial charge is 0.372 e. The molecule has 0 aliphatic heterocycles. The summed E-state index contributed by atoms with van der Waals surface area (Å²) in [6.45, 7) is 6.52. The van der Waals surface area contributed by atoms with Crippen molar-refractivity contribution < 1.29 is 0 Å². The summed E-state index contributed by atoms with van der Waals surface area (Å²) in [7, 11) is 1.89. The fraction of sp³-hybridized carbons (Fsp3) is 0.385. The lowest BCUT2D eigenvalue weighted by molar-refractivity contribution is 0.564. The minimum atomic E-state index is -0.00565. The molecule has 0 radical (unpaired) electrons. The van der Waals surface area contributed by atoms with Gasteiger partial charge in [0, 0.05) is 12.5 Å². The molecule has 19 heavy (non-hydrogen) atoms. The highest BCUT2D eigenvalue weighted by atomic mass is 127. The van der Waals surface area contributed by atoms with E-state index in [9.17, 15) is 0 Å². The van der Waals surface area contributed by atoms with Gasteiger partial charge in [0.15, 0.2) is 5.82 Å². The Morgan fingerprint density at radius 2 is 1.95 bits per heavy atom. The summed E-state index contributed by atoms with van der Waals surface area (Å²) >= 11 is 7.44. The van der Waals surface area contributed by atoms with Gasteiger partial charge in [-0.15, -0.1) is 11.3 Å². The number of rotatable bonds is 2. The Balaban J connectivity index is 2.64. The van der Waals surface area contributed by atoms with E-state index in [-0.39, 0.29) is 5.41 Å². The van der Waals surface area contributed by atoms with Crippen LogP contribution in [0.1, 0.15) is 26.5 Å². The Bertz CT molecular complexity index is 604. The molecule has 0 atom stereocenters. The van der Waals surface area contributed by atoms with E-state index in [0.29, 0.717) is 0 Å². The van der Waals surface area contributed by atoms with E-state index in [1.54, 1.807) is 11.3 Å². The van der Waals surface area contributed by atoms with Crippen LogP contribution >= 0.6 is 49.9 Å². The number of nitrogens with one attached hydrogen (secondary N) is 1. The molecule has 0 bridgehead atoms. The predicted octanol–water partition coefficient (Wildman–Crippen LogP) is 4.91. The third kappa shape index (κ3) is 3.28. The van der Waals surface area contributed by atoms with E-state index >= 15 is 0 Å². The van der Waals surface area contributed by atoms with Gasteiger partial charge >= 0.3 is 0 Å². The van der Waals surface area contributed by atoms with Gasteiger partial charge in [0.25, 0.3) is 0 Å². The first-order valence-electron chi connectivity index (χ1n) is 5.84. The summed E-state index contributed by atoms with van der Waals surface area (Å²) in [5.74, 6) is 1.67. The van der Waals surface area contributed by atoms with Gasteiger partial charge in [-0.2, -0.15) is 0 Å². The summed E-state index contributed by atoms with van der Waals surface area (Å²) < 4.78 is 2.18. The van der Waals surface area contributed by atoms with Crippen LogP contribution in [0.3, 0.4) is 0 Å². The zero-order valence-corrected chi connectivity index (χ0v) is 15.8. The van der Waals surface area contributed by atoms with Crippen molar-refractivity contribution in [1.82, 2.24) is 9.97 Å². The number of aromatic nitrogens is 2. The van der Waals surface area contributed by atoms with Crippen molar-refractivity contribution in [2.45, 2.75) is 26.2 Å². The van der Waals surface area contributed by atoms with Crippen molar-refractivity contribution in [3.8, 4) is 10.7 Å². The highest BCUT2D eigenvalue weighted by Crippen LogP contribution is 2.34. The maximum Gasteiger partial charge on any atom is 0.171 e. The van der Waals surface area contributed by atoms with Crippen LogP contribution < -0.4 is 5.32 Å². The fourth-order valence-corrected chi connectivity index (χ4v) is 4.29. The van der Waals surface area contributed by atoms with Gasteiger partial charge in [0.2, 0.25) is 0 Å². The van der Waals surface area contributed by atoms with Crippen LogP contribution in [-0.2, 0) is 5.41 Å². The van der Waals surface area contributed by atoms with Crippen LogP contribution in [-0.4, -0.2) is 17.0 Å². The van der Waals surface area contributed by atoms with Crippen molar-refractivity contribution in [2.75, 3.05) is 12.4 Å². The fourth-order valence-electron chi connectivity index (χ4n) is 1.65. The molecule has 2 aromatic rings. The van der Waals surface area contributed by atoms with Gasteiger partial charge in [-0.05, 0) is 50.7 Å². The number of anilines is 1.